The van der Waals surface area contributed by atoms with Crippen molar-refractivity contribution in [1.29, 1.82) is 0 Å². The van der Waals surface area contributed by atoms with Crippen molar-refractivity contribution in [3.8, 4) is 0 Å². The number of esters is 2. The molecule has 0 saturated heterocycles. The number of carbonyl (C=O) groups is 2. The summed E-state index contributed by atoms with van der Waals surface area (Å²) in [6, 6.07) is 15.1. The Morgan fingerprint density at radius 2 is 1.62 bits per heavy atom. The third-order valence-corrected chi connectivity index (χ3v) is 15.9. The summed E-state index contributed by atoms with van der Waals surface area (Å²) in [4.78, 5) is 26.4. The van der Waals surface area contributed by atoms with E-state index in [0.717, 1.165) is 62.5 Å². The molecule has 0 unspecified atom stereocenters. The standard InChI is InChI=1S/C45H57FO4/c1-28(2)31-18-23-45(40(48)50-27-29-12-10-9-11-13-29)25-24-43(6)34(38(31)45)16-17-37-42(5)21-19-33(41(3,4)36(42)20-22-44(37,43)7)30-14-15-32(35(46)26-30)39(47)49-8/h9-15,19,26,31,34,36-38H,1,16-18,20-25,27H2,2-8H3/t31-,34+,36-,37+,38+,42+,43+,44+,45+/m0/s1. The van der Waals surface area contributed by atoms with Crippen LogP contribution in [0.4, 0.5) is 4.39 Å². The van der Waals surface area contributed by atoms with Gasteiger partial charge < -0.3 is 9.47 Å². The second-order valence-electron chi connectivity index (χ2n) is 18.1. The van der Waals surface area contributed by atoms with Crippen molar-refractivity contribution in [3.05, 3.63) is 89.3 Å². The maximum absolute atomic E-state index is 15.2. The molecule has 4 saturated carbocycles. The third kappa shape index (κ3) is 4.94. The summed E-state index contributed by atoms with van der Waals surface area (Å²) in [5.41, 5.74) is 4.04. The Hall–Kier alpha value is -3.21. The van der Waals surface area contributed by atoms with Gasteiger partial charge in [0.15, 0.2) is 0 Å². The van der Waals surface area contributed by atoms with E-state index in [9.17, 15) is 9.59 Å². The lowest BCUT2D eigenvalue weighted by Crippen LogP contribution is -2.66. The summed E-state index contributed by atoms with van der Waals surface area (Å²) in [6.45, 7) is 19.5. The maximum Gasteiger partial charge on any atom is 0.340 e. The monoisotopic (exact) mass is 680 g/mol. The van der Waals surface area contributed by atoms with Gasteiger partial charge in [0.2, 0.25) is 0 Å². The molecule has 0 aliphatic heterocycles. The molecule has 4 nitrogen and oxygen atoms in total. The van der Waals surface area contributed by atoms with Gasteiger partial charge in [-0.25, -0.2) is 9.18 Å². The highest BCUT2D eigenvalue weighted by Crippen LogP contribution is 2.77. The molecular formula is C45H57FO4. The van der Waals surface area contributed by atoms with Crippen molar-refractivity contribution < 1.29 is 23.5 Å². The van der Waals surface area contributed by atoms with Crippen LogP contribution in [0.3, 0.4) is 0 Å². The topological polar surface area (TPSA) is 52.6 Å². The van der Waals surface area contributed by atoms with Gasteiger partial charge in [-0.1, -0.05) is 89.2 Å². The number of allylic oxidation sites excluding steroid dienone is 3. The van der Waals surface area contributed by atoms with Crippen molar-refractivity contribution in [3.63, 3.8) is 0 Å². The van der Waals surface area contributed by atoms with E-state index in [1.165, 1.54) is 30.7 Å². The Kier molecular flexibility index (Phi) is 8.59. The minimum atomic E-state index is -0.648. The Morgan fingerprint density at radius 3 is 2.30 bits per heavy atom. The fourth-order valence-corrected chi connectivity index (χ4v) is 13.4. The summed E-state index contributed by atoms with van der Waals surface area (Å²) in [5, 5.41) is 0. The number of fused-ring (bicyclic) bond motifs is 7. The van der Waals surface area contributed by atoms with Crippen LogP contribution in [-0.4, -0.2) is 19.0 Å². The highest BCUT2D eigenvalue weighted by atomic mass is 19.1. The largest absolute Gasteiger partial charge is 0.465 e. The molecule has 2 aromatic rings. The minimum absolute atomic E-state index is 0.0165. The van der Waals surface area contributed by atoms with Gasteiger partial charge in [-0.15, -0.1) is 0 Å². The fourth-order valence-electron chi connectivity index (χ4n) is 13.4. The van der Waals surface area contributed by atoms with Crippen LogP contribution in [0.1, 0.15) is 121 Å². The molecule has 0 N–H and O–H groups in total. The van der Waals surface area contributed by atoms with Crippen LogP contribution < -0.4 is 0 Å². The second kappa shape index (κ2) is 12.2. The van der Waals surface area contributed by atoms with Crippen LogP contribution in [-0.2, 0) is 20.9 Å². The number of hydrogen-bond acceptors (Lipinski definition) is 4. The highest BCUT2D eigenvalue weighted by molar-refractivity contribution is 5.90. The van der Waals surface area contributed by atoms with E-state index < -0.39 is 17.2 Å². The molecule has 9 atom stereocenters. The van der Waals surface area contributed by atoms with Crippen molar-refractivity contribution in [2.75, 3.05) is 7.11 Å². The number of ether oxygens (including phenoxy) is 2. The zero-order valence-electron chi connectivity index (χ0n) is 31.4. The van der Waals surface area contributed by atoms with E-state index in [0.29, 0.717) is 30.3 Å². The molecule has 0 bridgehead atoms. The first-order valence-corrected chi connectivity index (χ1v) is 19.1. The number of carbonyl (C=O) groups excluding carboxylic acids is 2. The summed E-state index contributed by atoms with van der Waals surface area (Å²) < 4.78 is 26.2. The summed E-state index contributed by atoms with van der Waals surface area (Å²) in [5.74, 6) is 0.899. The van der Waals surface area contributed by atoms with E-state index in [4.69, 9.17) is 9.47 Å². The molecule has 0 heterocycles. The number of hydrogen-bond donors (Lipinski definition) is 0. The van der Waals surface area contributed by atoms with Crippen LogP contribution in [0.2, 0.25) is 0 Å². The molecule has 0 spiro atoms. The zero-order chi connectivity index (χ0) is 35.9. The average molecular weight is 681 g/mol. The van der Waals surface area contributed by atoms with Crippen LogP contribution in [0, 0.1) is 62.5 Å². The molecule has 2 aromatic carbocycles. The maximum atomic E-state index is 15.2. The lowest BCUT2D eigenvalue weighted by Gasteiger charge is -2.72. The average Bonchev–Trinajstić information content (AvgIpc) is 3.49. The lowest BCUT2D eigenvalue weighted by atomic mass is 9.32. The Balaban J connectivity index is 1.20. The van der Waals surface area contributed by atoms with Gasteiger partial charge in [0.25, 0.3) is 0 Å². The molecule has 7 rings (SSSR count). The smallest absolute Gasteiger partial charge is 0.340 e. The first kappa shape index (κ1) is 35.2. The van der Waals surface area contributed by atoms with E-state index >= 15 is 4.39 Å². The summed E-state index contributed by atoms with van der Waals surface area (Å²) in [7, 11) is 1.28. The van der Waals surface area contributed by atoms with E-state index in [-0.39, 0.29) is 39.1 Å². The summed E-state index contributed by atoms with van der Waals surface area (Å²) >= 11 is 0. The third-order valence-electron chi connectivity index (χ3n) is 15.9. The number of methoxy groups -OCH3 is 1. The van der Waals surface area contributed by atoms with E-state index in [1.54, 1.807) is 6.07 Å². The van der Waals surface area contributed by atoms with Gasteiger partial charge in [-0.05, 0) is 145 Å². The van der Waals surface area contributed by atoms with Crippen molar-refractivity contribution in [2.24, 2.45) is 56.7 Å². The Bertz CT molecular complexity index is 1730. The zero-order valence-corrected chi connectivity index (χ0v) is 31.4. The molecule has 268 valence electrons. The predicted molar refractivity (Wildman–Crippen MR) is 196 cm³/mol. The normalized spacial score (nSPS) is 38.4. The lowest BCUT2D eigenvalue weighted by molar-refractivity contribution is -0.229. The van der Waals surface area contributed by atoms with Gasteiger partial charge >= 0.3 is 11.9 Å². The van der Waals surface area contributed by atoms with Crippen LogP contribution >= 0.6 is 0 Å². The van der Waals surface area contributed by atoms with E-state index in [2.05, 4.69) is 54.2 Å². The van der Waals surface area contributed by atoms with Gasteiger partial charge in [-0.3, -0.25) is 4.79 Å². The number of benzene rings is 2. The second-order valence-corrected chi connectivity index (χ2v) is 18.1. The van der Waals surface area contributed by atoms with Crippen molar-refractivity contribution >= 4 is 17.5 Å². The number of halogens is 1. The van der Waals surface area contributed by atoms with Crippen molar-refractivity contribution in [2.45, 2.75) is 106 Å². The molecule has 0 radical (unpaired) electrons. The van der Waals surface area contributed by atoms with Gasteiger partial charge in [-0.2, -0.15) is 0 Å². The summed E-state index contributed by atoms with van der Waals surface area (Å²) in [6.07, 6.45) is 11.8. The first-order valence-electron chi connectivity index (χ1n) is 19.1. The molecule has 5 aliphatic carbocycles. The molecule has 50 heavy (non-hydrogen) atoms. The first-order chi connectivity index (χ1) is 23.6. The molecule has 4 fully saturated rings. The van der Waals surface area contributed by atoms with Crippen LogP contribution in [0.15, 0.2) is 66.8 Å². The SMILES string of the molecule is C=C(C)[C@@H]1CC[C@@]2(C(=O)OCc3ccccc3)CC[C@]3(C)[C@H](CC[C@@H]4[C@]5(C)CC=C(c6ccc(C(=O)OC)c(F)c6)C(C)(C)[C@@H]5CC[C@]43C)[C@@H]12. The van der Waals surface area contributed by atoms with Gasteiger partial charge in [0.05, 0.1) is 18.1 Å². The van der Waals surface area contributed by atoms with Crippen LogP contribution in [0.5, 0.6) is 0 Å². The Morgan fingerprint density at radius 1 is 0.880 bits per heavy atom. The Labute approximate surface area is 299 Å². The van der Waals surface area contributed by atoms with Gasteiger partial charge in [0.1, 0.15) is 12.4 Å². The van der Waals surface area contributed by atoms with Crippen molar-refractivity contribution in [1.82, 2.24) is 0 Å². The van der Waals surface area contributed by atoms with E-state index in [1.807, 2.05) is 36.4 Å². The minimum Gasteiger partial charge on any atom is -0.465 e. The number of rotatable bonds is 6. The fraction of sp³-hybridized carbons (Fsp3) is 0.600. The van der Waals surface area contributed by atoms with Crippen LogP contribution in [0.25, 0.3) is 5.57 Å². The quantitative estimate of drug-likeness (QED) is 0.225. The molecule has 0 aromatic heterocycles. The highest BCUT2D eigenvalue weighted by Gasteiger charge is 2.71. The molecule has 0 amide bonds. The molecule has 5 aliphatic rings. The van der Waals surface area contributed by atoms with Gasteiger partial charge in [0, 0.05) is 0 Å². The molecule has 5 heteroatoms. The predicted octanol–water partition coefficient (Wildman–Crippen LogP) is 11.0. The molecular weight excluding hydrogens is 623 g/mol.